The molecule has 3 heteroatoms. The molecule has 1 aromatic heterocycles. The molecule has 1 atom stereocenters. The topological polar surface area (TPSA) is 37.3 Å². The van der Waals surface area contributed by atoms with Gasteiger partial charge in [-0.25, -0.2) is 0 Å². The zero-order valence-corrected chi connectivity index (χ0v) is 6.07. The first-order chi connectivity index (χ1) is 5.47. The van der Waals surface area contributed by atoms with Gasteiger partial charge in [0.05, 0.1) is 6.04 Å². The summed E-state index contributed by atoms with van der Waals surface area (Å²) in [6.07, 6.45) is 6.50. The number of rotatable bonds is 1. The molecule has 1 aliphatic heterocycles. The Balaban J connectivity index is 2.17. The highest BCUT2D eigenvalue weighted by Gasteiger charge is 2.11. The van der Waals surface area contributed by atoms with E-state index in [1.54, 1.807) is 6.20 Å². The van der Waals surface area contributed by atoms with Crippen LogP contribution in [0.15, 0.2) is 29.6 Å². The van der Waals surface area contributed by atoms with Crippen LogP contribution in [-0.2, 0) is 0 Å². The van der Waals surface area contributed by atoms with Crippen LogP contribution in [0.25, 0.3) is 0 Å². The first-order valence-corrected chi connectivity index (χ1v) is 3.64. The molecule has 0 radical (unpaired) electrons. The van der Waals surface area contributed by atoms with Gasteiger partial charge in [-0.05, 0) is 11.6 Å². The van der Waals surface area contributed by atoms with E-state index in [9.17, 15) is 0 Å². The van der Waals surface area contributed by atoms with Gasteiger partial charge in [0.1, 0.15) is 0 Å². The maximum atomic E-state index is 4.03. The molecule has 0 bridgehead atoms. The number of hydrogen-bond donors (Lipinski definition) is 1. The molecule has 0 saturated carbocycles. The highest BCUT2D eigenvalue weighted by atomic mass is 15.3. The van der Waals surface area contributed by atoms with E-state index in [4.69, 9.17) is 0 Å². The van der Waals surface area contributed by atoms with E-state index in [2.05, 4.69) is 21.6 Å². The average molecular weight is 147 g/mol. The van der Waals surface area contributed by atoms with Crippen LogP contribution in [0.5, 0.6) is 0 Å². The second-order valence-corrected chi connectivity index (χ2v) is 2.52. The lowest BCUT2D eigenvalue weighted by atomic mass is 10.1. The Morgan fingerprint density at radius 3 is 3.18 bits per heavy atom. The van der Waals surface area contributed by atoms with E-state index >= 15 is 0 Å². The number of hydrazone groups is 1. The average Bonchev–Trinajstić information content (AvgIpc) is 2.58. The highest BCUT2D eigenvalue weighted by molar-refractivity contribution is 5.60. The third-order valence-electron chi connectivity index (χ3n) is 1.75. The van der Waals surface area contributed by atoms with Crippen molar-refractivity contribution in [1.29, 1.82) is 0 Å². The van der Waals surface area contributed by atoms with Crippen LogP contribution in [-0.4, -0.2) is 11.2 Å². The van der Waals surface area contributed by atoms with Crippen molar-refractivity contribution in [3.05, 3.63) is 30.1 Å². The van der Waals surface area contributed by atoms with Gasteiger partial charge in [0.15, 0.2) is 0 Å². The summed E-state index contributed by atoms with van der Waals surface area (Å²) in [5, 5.41) is 3.94. The molecule has 0 saturated heterocycles. The third kappa shape index (κ3) is 1.22. The molecule has 2 rings (SSSR count). The van der Waals surface area contributed by atoms with Gasteiger partial charge in [0.25, 0.3) is 0 Å². The lowest BCUT2D eigenvalue weighted by molar-refractivity contribution is 0.618. The lowest BCUT2D eigenvalue weighted by Crippen LogP contribution is -2.09. The summed E-state index contributed by atoms with van der Waals surface area (Å²) >= 11 is 0. The van der Waals surface area contributed by atoms with E-state index in [-0.39, 0.29) is 0 Å². The molecule has 0 aliphatic carbocycles. The zero-order valence-electron chi connectivity index (χ0n) is 6.07. The summed E-state index contributed by atoms with van der Waals surface area (Å²) in [5.74, 6) is 0. The van der Waals surface area contributed by atoms with Crippen molar-refractivity contribution >= 4 is 6.21 Å². The van der Waals surface area contributed by atoms with Crippen LogP contribution in [0.3, 0.4) is 0 Å². The van der Waals surface area contributed by atoms with E-state index in [1.807, 2.05) is 18.5 Å². The molecule has 0 aromatic carbocycles. The first-order valence-electron chi connectivity index (χ1n) is 3.64. The Bertz CT molecular complexity index is 247. The van der Waals surface area contributed by atoms with E-state index in [1.165, 1.54) is 5.56 Å². The number of aromatic nitrogens is 1. The highest BCUT2D eigenvalue weighted by Crippen LogP contribution is 2.16. The summed E-state index contributed by atoms with van der Waals surface area (Å²) in [5.41, 5.74) is 4.20. The van der Waals surface area contributed by atoms with Gasteiger partial charge >= 0.3 is 0 Å². The molecule has 0 fully saturated rings. The van der Waals surface area contributed by atoms with Crippen molar-refractivity contribution in [2.45, 2.75) is 12.5 Å². The van der Waals surface area contributed by atoms with Crippen molar-refractivity contribution in [2.24, 2.45) is 5.10 Å². The Morgan fingerprint density at radius 1 is 1.55 bits per heavy atom. The van der Waals surface area contributed by atoms with Crippen molar-refractivity contribution in [3.8, 4) is 0 Å². The summed E-state index contributed by atoms with van der Waals surface area (Å²) in [6.45, 7) is 0. The SMILES string of the molecule is C1=NN[C@@H](c2cccnc2)C1. The van der Waals surface area contributed by atoms with Gasteiger partial charge < -0.3 is 5.43 Å². The summed E-state index contributed by atoms with van der Waals surface area (Å²) in [7, 11) is 0. The van der Waals surface area contributed by atoms with Crippen molar-refractivity contribution in [3.63, 3.8) is 0 Å². The van der Waals surface area contributed by atoms with Crippen LogP contribution < -0.4 is 5.43 Å². The maximum Gasteiger partial charge on any atom is 0.0754 e. The summed E-state index contributed by atoms with van der Waals surface area (Å²) in [4.78, 5) is 4.03. The van der Waals surface area contributed by atoms with Gasteiger partial charge in [-0.1, -0.05) is 6.07 Å². The molecule has 0 unspecified atom stereocenters. The fourth-order valence-corrected chi connectivity index (χ4v) is 1.15. The normalized spacial score (nSPS) is 21.6. The Labute approximate surface area is 65.2 Å². The molecule has 0 spiro atoms. The minimum Gasteiger partial charge on any atom is -0.302 e. The Hall–Kier alpha value is -1.38. The minimum atomic E-state index is 0.337. The number of nitrogens with one attached hydrogen (secondary N) is 1. The molecule has 3 nitrogen and oxygen atoms in total. The predicted octanol–water partition coefficient (Wildman–Crippen LogP) is 1.10. The first kappa shape index (κ1) is 6.34. The minimum absolute atomic E-state index is 0.337. The Morgan fingerprint density at radius 2 is 2.55 bits per heavy atom. The second kappa shape index (κ2) is 2.70. The standard InChI is InChI=1S/C8H9N3/c1-2-7(6-9-4-1)8-3-5-10-11-8/h1-2,4-6,8,11H,3H2/t8-/m1/s1. The van der Waals surface area contributed by atoms with Crippen molar-refractivity contribution in [2.75, 3.05) is 0 Å². The van der Waals surface area contributed by atoms with Crippen LogP contribution >= 0.6 is 0 Å². The quantitative estimate of drug-likeness (QED) is 0.645. The monoisotopic (exact) mass is 147 g/mol. The van der Waals surface area contributed by atoms with Crippen molar-refractivity contribution in [1.82, 2.24) is 10.4 Å². The molecular weight excluding hydrogens is 138 g/mol. The number of hydrogen-bond acceptors (Lipinski definition) is 3. The predicted molar refractivity (Wildman–Crippen MR) is 43.2 cm³/mol. The van der Waals surface area contributed by atoms with E-state index < -0.39 is 0 Å². The molecule has 1 aliphatic rings. The van der Waals surface area contributed by atoms with Crippen LogP contribution in [0.4, 0.5) is 0 Å². The largest absolute Gasteiger partial charge is 0.302 e. The van der Waals surface area contributed by atoms with Crippen molar-refractivity contribution < 1.29 is 0 Å². The second-order valence-electron chi connectivity index (χ2n) is 2.52. The van der Waals surface area contributed by atoms with Gasteiger partial charge in [-0.3, -0.25) is 4.98 Å². The van der Waals surface area contributed by atoms with Gasteiger partial charge in [-0.15, -0.1) is 0 Å². The molecule has 1 aromatic rings. The lowest BCUT2D eigenvalue weighted by Gasteiger charge is -2.07. The van der Waals surface area contributed by atoms with Crippen LogP contribution in [0, 0.1) is 0 Å². The maximum absolute atomic E-state index is 4.03. The zero-order chi connectivity index (χ0) is 7.52. The fourth-order valence-electron chi connectivity index (χ4n) is 1.15. The molecule has 1 N–H and O–H groups in total. The molecular formula is C8H9N3. The molecule has 2 heterocycles. The van der Waals surface area contributed by atoms with Crippen LogP contribution in [0.1, 0.15) is 18.0 Å². The van der Waals surface area contributed by atoms with E-state index in [0.29, 0.717) is 6.04 Å². The fraction of sp³-hybridized carbons (Fsp3) is 0.250. The Kier molecular flexibility index (Phi) is 1.55. The van der Waals surface area contributed by atoms with Gasteiger partial charge in [0, 0.05) is 25.0 Å². The van der Waals surface area contributed by atoms with Crippen LogP contribution in [0.2, 0.25) is 0 Å². The smallest absolute Gasteiger partial charge is 0.0754 e. The third-order valence-corrected chi connectivity index (χ3v) is 1.75. The number of pyridine rings is 1. The molecule has 0 amide bonds. The molecule has 56 valence electrons. The van der Waals surface area contributed by atoms with E-state index in [0.717, 1.165) is 6.42 Å². The molecule has 11 heavy (non-hydrogen) atoms. The van der Waals surface area contributed by atoms with Gasteiger partial charge in [-0.2, -0.15) is 5.10 Å². The summed E-state index contributed by atoms with van der Waals surface area (Å²) in [6, 6.07) is 4.33. The number of nitrogens with zero attached hydrogens (tertiary/aromatic N) is 2. The van der Waals surface area contributed by atoms with Gasteiger partial charge in [0.2, 0.25) is 0 Å². The summed E-state index contributed by atoms with van der Waals surface area (Å²) < 4.78 is 0.